The van der Waals surface area contributed by atoms with E-state index in [2.05, 4.69) is 15.6 Å². The molecule has 0 saturated heterocycles. The summed E-state index contributed by atoms with van der Waals surface area (Å²) in [5, 5.41) is 16.3. The van der Waals surface area contributed by atoms with Gasteiger partial charge in [-0.25, -0.2) is 0 Å². The van der Waals surface area contributed by atoms with Crippen LogP contribution in [0.1, 0.15) is 12.5 Å². The summed E-state index contributed by atoms with van der Waals surface area (Å²) in [6.45, 7) is 1.38. The Hall–Kier alpha value is -4.06. The van der Waals surface area contributed by atoms with Crippen LogP contribution in [0.15, 0.2) is 78.9 Å². The highest BCUT2D eigenvalue weighted by atomic mass is 16.3. The smallest absolute Gasteiger partial charge is 0.247 e. The Morgan fingerprint density at radius 3 is 2.42 bits per heavy atom. The topological polar surface area (TPSA) is 94.2 Å². The van der Waals surface area contributed by atoms with Gasteiger partial charge in [0.15, 0.2) is 0 Å². The molecule has 0 aliphatic rings. The van der Waals surface area contributed by atoms with Gasteiger partial charge in [-0.05, 0) is 35.9 Å². The van der Waals surface area contributed by atoms with Crippen LogP contribution in [-0.4, -0.2) is 27.9 Å². The number of anilines is 1. The van der Waals surface area contributed by atoms with Crippen LogP contribution in [0.25, 0.3) is 22.2 Å². The monoisotopic (exact) mass is 413 g/mol. The average Bonchev–Trinajstić information content (AvgIpc) is 3.19. The van der Waals surface area contributed by atoms with Crippen LogP contribution in [0.5, 0.6) is 5.75 Å². The molecule has 156 valence electrons. The molecule has 3 aromatic carbocycles. The first-order chi connectivity index (χ1) is 15.0. The van der Waals surface area contributed by atoms with Gasteiger partial charge in [0.05, 0.1) is 5.69 Å². The number of H-pyrrole nitrogens is 1. The molecule has 31 heavy (non-hydrogen) atoms. The van der Waals surface area contributed by atoms with Crippen molar-refractivity contribution in [2.45, 2.75) is 19.4 Å². The van der Waals surface area contributed by atoms with E-state index in [0.29, 0.717) is 12.1 Å². The standard InChI is InChI=1S/C25H23N3O3/c1-16(29)26-24(14-17-10-12-19(30)13-11-17)25(31)28-22-9-5-3-7-20(22)23-15-18-6-2-4-8-21(18)27-23/h2-13,15,24,27,30H,14H2,1H3,(H,26,29)(H,28,31). The fourth-order valence-corrected chi connectivity index (χ4v) is 3.59. The number of benzene rings is 3. The molecule has 0 aliphatic carbocycles. The molecule has 0 bridgehead atoms. The number of para-hydroxylation sites is 2. The highest BCUT2D eigenvalue weighted by Gasteiger charge is 2.21. The molecule has 1 heterocycles. The van der Waals surface area contributed by atoms with Crippen molar-refractivity contribution in [1.82, 2.24) is 10.3 Å². The predicted octanol–water partition coefficient (Wildman–Crippen LogP) is 4.23. The Morgan fingerprint density at radius 1 is 0.968 bits per heavy atom. The van der Waals surface area contributed by atoms with Crippen LogP contribution in [0.4, 0.5) is 5.69 Å². The van der Waals surface area contributed by atoms with Crippen molar-refractivity contribution in [2.24, 2.45) is 0 Å². The van der Waals surface area contributed by atoms with E-state index in [1.54, 1.807) is 24.3 Å². The number of nitrogens with one attached hydrogen (secondary N) is 3. The first-order valence-corrected chi connectivity index (χ1v) is 10.0. The molecule has 1 aromatic heterocycles. The van der Waals surface area contributed by atoms with E-state index in [4.69, 9.17) is 0 Å². The number of fused-ring (bicyclic) bond motifs is 1. The van der Waals surface area contributed by atoms with Gasteiger partial charge in [-0.3, -0.25) is 9.59 Å². The predicted molar refractivity (Wildman–Crippen MR) is 122 cm³/mol. The lowest BCUT2D eigenvalue weighted by atomic mass is 10.0. The summed E-state index contributed by atoms with van der Waals surface area (Å²) in [6.07, 6.45) is 0.306. The van der Waals surface area contributed by atoms with E-state index in [1.807, 2.05) is 54.6 Å². The number of hydrogen-bond acceptors (Lipinski definition) is 3. The number of carbonyl (C=O) groups excluding carboxylic acids is 2. The number of aromatic nitrogens is 1. The lowest BCUT2D eigenvalue weighted by molar-refractivity contribution is -0.125. The van der Waals surface area contributed by atoms with Gasteiger partial charge in [-0.1, -0.05) is 48.5 Å². The van der Waals surface area contributed by atoms with E-state index in [-0.39, 0.29) is 17.6 Å². The number of hydrogen-bond donors (Lipinski definition) is 4. The summed E-state index contributed by atoms with van der Waals surface area (Å²) in [5.41, 5.74) is 4.25. The van der Waals surface area contributed by atoms with E-state index < -0.39 is 6.04 Å². The van der Waals surface area contributed by atoms with Gasteiger partial charge in [0.1, 0.15) is 11.8 Å². The van der Waals surface area contributed by atoms with Gasteiger partial charge < -0.3 is 20.7 Å². The fraction of sp³-hybridized carbons (Fsp3) is 0.120. The average molecular weight is 413 g/mol. The molecule has 0 saturated carbocycles. The molecular formula is C25H23N3O3. The lowest BCUT2D eigenvalue weighted by Gasteiger charge is -2.19. The van der Waals surface area contributed by atoms with Gasteiger partial charge in [0.25, 0.3) is 0 Å². The van der Waals surface area contributed by atoms with Crippen LogP contribution < -0.4 is 10.6 Å². The summed E-state index contributed by atoms with van der Waals surface area (Å²) in [7, 11) is 0. The largest absolute Gasteiger partial charge is 0.508 e. The van der Waals surface area contributed by atoms with Crippen LogP contribution in [0, 0.1) is 0 Å². The van der Waals surface area contributed by atoms with E-state index in [0.717, 1.165) is 27.7 Å². The molecule has 0 fully saturated rings. The Balaban J connectivity index is 1.60. The summed E-state index contributed by atoms with van der Waals surface area (Å²) in [5.74, 6) is -0.453. The zero-order valence-corrected chi connectivity index (χ0v) is 17.1. The summed E-state index contributed by atoms with van der Waals surface area (Å²) < 4.78 is 0. The van der Waals surface area contributed by atoms with Crippen molar-refractivity contribution in [3.05, 3.63) is 84.4 Å². The highest BCUT2D eigenvalue weighted by molar-refractivity contribution is 6.00. The van der Waals surface area contributed by atoms with Crippen molar-refractivity contribution in [3.63, 3.8) is 0 Å². The third-order valence-corrected chi connectivity index (χ3v) is 5.08. The molecule has 0 aliphatic heterocycles. The van der Waals surface area contributed by atoms with Crippen LogP contribution in [0.3, 0.4) is 0 Å². The molecule has 4 aromatic rings. The maximum Gasteiger partial charge on any atom is 0.247 e. The Kier molecular flexibility index (Phi) is 5.71. The Labute approximate surface area is 179 Å². The van der Waals surface area contributed by atoms with Crippen molar-refractivity contribution in [2.75, 3.05) is 5.32 Å². The zero-order valence-electron chi connectivity index (χ0n) is 17.1. The number of rotatable bonds is 6. The third-order valence-electron chi connectivity index (χ3n) is 5.08. The third kappa shape index (κ3) is 4.75. The van der Waals surface area contributed by atoms with Crippen molar-refractivity contribution in [1.29, 1.82) is 0 Å². The van der Waals surface area contributed by atoms with E-state index >= 15 is 0 Å². The first-order valence-electron chi connectivity index (χ1n) is 10.0. The molecule has 0 radical (unpaired) electrons. The minimum atomic E-state index is -0.752. The number of phenols is 1. The second-order valence-electron chi connectivity index (χ2n) is 7.43. The lowest BCUT2D eigenvalue weighted by Crippen LogP contribution is -2.44. The number of amides is 2. The summed E-state index contributed by atoms with van der Waals surface area (Å²) >= 11 is 0. The normalized spacial score (nSPS) is 11.8. The molecule has 1 unspecified atom stereocenters. The molecule has 4 rings (SSSR count). The minimum absolute atomic E-state index is 0.150. The van der Waals surface area contributed by atoms with Crippen LogP contribution >= 0.6 is 0 Å². The number of phenolic OH excluding ortho intramolecular Hbond substituents is 1. The van der Waals surface area contributed by atoms with Gasteiger partial charge in [-0.15, -0.1) is 0 Å². The summed E-state index contributed by atoms with van der Waals surface area (Å²) in [6, 6.07) is 23.4. The second-order valence-corrected chi connectivity index (χ2v) is 7.43. The Bertz CT molecular complexity index is 1200. The van der Waals surface area contributed by atoms with Crippen LogP contribution in [-0.2, 0) is 16.0 Å². The zero-order chi connectivity index (χ0) is 21.8. The van der Waals surface area contributed by atoms with E-state index in [1.165, 1.54) is 6.92 Å². The van der Waals surface area contributed by atoms with Crippen molar-refractivity contribution < 1.29 is 14.7 Å². The highest BCUT2D eigenvalue weighted by Crippen LogP contribution is 2.30. The molecule has 2 amide bonds. The maximum atomic E-state index is 13.1. The van der Waals surface area contributed by atoms with Crippen molar-refractivity contribution >= 4 is 28.4 Å². The van der Waals surface area contributed by atoms with Gasteiger partial charge in [-0.2, -0.15) is 0 Å². The van der Waals surface area contributed by atoms with E-state index in [9.17, 15) is 14.7 Å². The molecular weight excluding hydrogens is 390 g/mol. The second kappa shape index (κ2) is 8.75. The quantitative estimate of drug-likeness (QED) is 0.381. The molecule has 0 spiro atoms. The first kappa shape index (κ1) is 20.2. The molecule has 6 heteroatoms. The van der Waals surface area contributed by atoms with Crippen molar-refractivity contribution in [3.8, 4) is 17.0 Å². The number of aromatic hydroxyl groups is 1. The van der Waals surface area contributed by atoms with Gasteiger partial charge >= 0.3 is 0 Å². The molecule has 1 atom stereocenters. The summed E-state index contributed by atoms with van der Waals surface area (Å²) in [4.78, 5) is 28.2. The maximum absolute atomic E-state index is 13.1. The Morgan fingerprint density at radius 2 is 1.68 bits per heavy atom. The number of aromatic amines is 1. The van der Waals surface area contributed by atoms with Crippen LogP contribution in [0.2, 0.25) is 0 Å². The minimum Gasteiger partial charge on any atom is -0.508 e. The van der Waals surface area contributed by atoms with Gasteiger partial charge in [0.2, 0.25) is 11.8 Å². The molecule has 6 nitrogen and oxygen atoms in total. The molecule has 4 N–H and O–H groups in total. The fourth-order valence-electron chi connectivity index (χ4n) is 3.59. The SMILES string of the molecule is CC(=O)NC(Cc1ccc(O)cc1)C(=O)Nc1ccccc1-c1cc2ccccc2[nH]1. The number of carbonyl (C=O) groups is 2. The van der Waals surface area contributed by atoms with Gasteiger partial charge in [0, 0.05) is 35.5 Å².